The number of aromatic nitrogens is 2. The molecule has 1 aromatic carbocycles. The van der Waals surface area contributed by atoms with Crippen LogP contribution < -0.4 is 5.32 Å². The summed E-state index contributed by atoms with van der Waals surface area (Å²) in [7, 11) is 0. The molecule has 130 valence electrons. The molecule has 6 heteroatoms. The van der Waals surface area contributed by atoms with Crippen LogP contribution in [0.25, 0.3) is 10.8 Å². The number of carbonyl (C=O) groups excluding carboxylic acids is 1. The highest BCUT2D eigenvalue weighted by Gasteiger charge is 2.14. The summed E-state index contributed by atoms with van der Waals surface area (Å²) in [4.78, 5) is 13.2. The minimum Gasteiger partial charge on any atom is -0.420 e. The van der Waals surface area contributed by atoms with Crippen molar-refractivity contribution in [3.63, 3.8) is 0 Å². The summed E-state index contributed by atoms with van der Waals surface area (Å²) in [6.07, 6.45) is 0.504. The predicted molar refractivity (Wildman–Crippen MR) is 98.8 cm³/mol. The molecular weight excluding hydrogens is 334 g/mol. The van der Waals surface area contributed by atoms with Gasteiger partial charge in [-0.3, -0.25) is 4.79 Å². The molecule has 5 nitrogen and oxygen atoms in total. The molecule has 1 amide bonds. The van der Waals surface area contributed by atoms with Crippen LogP contribution in [0.4, 0.5) is 0 Å². The number of thiophene rings is 1. The number of hydrogen-bond acceptors (Lipinski definition) is 5. The lowest BCUT2D eigenvalue weighted by Crippen LogP contribution is -2.25. The van der Waals surface area contributed by atoms with Crippen molar-refractivity contribution in [2.45, 2.75) is 32.6 Å². The molecule has 0 aliphatic rings. The average Bonchev–Trinajstić information content (AvgIpc) is 3.25. The standard InChI is InChI=1S/C19H21N3O2S/c1-19(2,3)14-8-6-13(7-9-14)17(23)20-11-10-16-21-22-18(24-16)15-5-4-12-25-15/h4-9,12H,10-11H2,1-3H3,(H,20,23). The Kier molecular flexibility index (Phi) is 4.99. The lowest BCUT2D eigenvalue weighted by Gasteiger charge is -2.19. The SMILES string of the molecule is CC(C)(C)c1ccc(C(=O)NCCc2nnc(-c3cccs3)o2)cc1. The third-order valence-electron chi connectivity index (χ3n) is 3.84. The first-order chi connectivity index (χ1) is 11.9. The molecule has 0 fully saturated rings. The van der Waals surface area contributed by atoms with E-state index in [4.69, 9.17) is 4.42 Å². The molecule has 0 saturated heterocycles. The quantitative estimate of drug-likeness (QED) is 0.749. The van der Waals surface area contributed by atoms with Gasteiger partial charge in [0.25, 0.3) is 11.8 Å². The molecule has 0 radical (unpaired) electrons. The molecule has 0 bridgehead atoms. The Morgan fingerprint density at radius 1 is 1.16 bits per heavy atom. The normalized spacial score (nSPS) is 11.5. The molecule has 3 rings (SSSR count). The highest BCUT2D eigenvalue weighted by molar-refractivity contribution is 7.13. The molecule has 0 aliphatic carbocycles. The Balaban J connectivity index is 1.53. The monoisotopic (exact) mass is 355 g/mol. The van der Waals surface area contributed by atoms with Gasteiger partial charge in [-0.05, 0) is 34.6 Å². The summed E-state index contributed by atoms with van der Waals surface area (Å²) in [5.74, 6) is 0.944. The number of rotatable bonds is 5. The molecule has 2 heterocycles. The van der Waals surface area contributed by atoms with E-state index in [2.05, 4.69) is 36.3 Å². The van der Waals surface area contributed by atoms with Crippen molar-refractivity contribution in [2.24, 2.45) is 0 Å². The van der Waals surface area contributed by atoms with Gasteiger partial charge >= 0.3 is 0 Å². The molecule has 0 saturated carbocycles. The van der Waals surface area contributed by atoms with Gasteiger partial charge in [-0.1, -0.05) is 39.0 Å². The molecule has 0 atom stereocenters. The van der Waals surface area contributed by atoms with Gasteiger partial charge in [-0.25, -0.2) is 0 Å². The van der Waals surface area contributed by atoms with E-state index in [0.29, 0.717) is 30.3 Å². The maximum atomic E-state index is 12.2. The number of amides is 1. The van der Waals surface area contributed by atoms with Crippen LogP contribution >= 0.6 is 11.3 Å². The van der Waals surface area contributed by atoms with Crippen LogP contribution in [-0.2, 0) is 11.8 Å². The Bertz CT molecular complexity index is 830. The van der Waals surface area contributed by atoms with Crippen molar-refractivity contribution in [1.82, 2.24) is 15.5 Å². The number of nitrogens with one attached hydrogen (secondary N) is 1. The van der Waals surface area contributed by atoms with Gasteiger partial charge in [0.2, 0.25) is 5.89 Å². The van der Waals surface area contributed by atoms with Crippen molar-refractivity contribution in [2.75, 3.05) is 6.54 Å². The minimum atomic E-state index is -0.0987. The molecule has 0 unspecified atom stereocenters. The smallest absolute Gasteiger partial charge is 0.257 e. The number of nitrogens with zero attached hydrogens (tertiary/aromatic N) is 2. The van der Waals surface area contributed by atoms with Gasteiger partial charge in [-0.2, -0.15) is 0 Å². The highest BCUT2D eigenvalue weighted by Crippen LogP contribution is 2.23. The Morgan fingerprint density at radius 2 is 1.92 bits per heavy atom. The number of carbonyl (C=O) groups is 1. The maximum Gasteiger partial charge on any atom is 0.257 e. The number of benzene rings is 1. The van der Waals surface area contributed by atoms with E-state index in [1.807, 2.05) is 41.8 Å². The first-order valence-corrected chi connectivity index (χ1v) is 9.06. The molecule has 25 heavy (non-hydrogen) atoms. The van der Waals surface area contributed by atoms with Crippen molar-refractivity contribution < 1.29 is 9.21 Å². The van der Waals surface area contributed by atoms with E-state index in [0.717, 1.165) is 4.88 Å². The second kappa shape index (κ2) is 7.19. The van der Waals surface area contributed by atoms with Crippen LogP contribution in [-0.4, -0.2) is 22.6 Å². The van der Waals surface area contributed by atoms with E-state index < -0.39 is 0 Å². The fourth-order valence-electron chi connectivity index (χ4n) is 2.36. The van der Waals surface area contributed by atoms with Crippen LogP contribution in [0.5, 0.6) is 0 Å². The van der Waals surface area contributed by atoms with Gasteiger partial charge in [0.05, 0.1) is 4.88 Å². The van der Waals surface area contributed by atoms with Crippen LogP contribution in [0, 0.1) is 0 Å². The fourth-order valence-corrected chi connectivity index (χ4v) is 3.01. The van der Waals surface area contributed by atoms with Crippen LogP contribution in [0.15, 0.2) is 46.2 Å². The van der Waals surface area contributed by atoms with E-state index in [1.54, 1.807) is 11.3 Å². The summed E-state index contributed by atoms with van der Waals surface area (Å²) < 4.78 is 5.61. The first-order valence-electron chi connectivity index (χ1n) is 8.18. The van der Waals surface area contributed by atoms with Crippen LogP contribution in [0.2, 0.25) is 0 Å². The second-order valence-electron chi connectivity index (χ2n) is 6.81. The number of hydrogen-bond donors (Lipinski definition) is 1. The lowest BCUT2D eigenvalue weighted by molar-refractivity contribution is 0.0953. The minimum absolute atomic E-state index is 0.0766. The largest absolute Gasteiger partial charge is 0.420 e. The second-order valence-corrected chi connectivity index (χ2v) is 7.76. The third kappa shape index (κ3) is 4.33. The highest BCUT2D eigenvalue weighted by atomic mass is 32.1. The third-order valence-corrected chi connectivity index (χ3v) is 4.69. The van der Waals surface area contributed by atoms with Crippen LogP contribution in [0.1, 0.15) is 42.6 Å². The average molecular weight is 355 g/mol. The fraction of sp³-hybridized carbons (Fsp3) is 0.316. The molecular formula is C19H21N3O2S. The van der Waals surface area contributed by atoms with Gasteiger partial charge in [0.1, 0.15) is 0 Å². The first kappa shape index (κ1) is 17.4. The van der Waals surface area contributed by atoms with E-state index >= 15 is 0 Å². The molecule has 0 aliphatic heterocycles. The van der Waals surface area contributed by atoms with E-state index in [-0.39, 0.29) is 11.3 Å². The lowest BCUT2D eigenvalue weighted by atomic mass is 9.87. The van der Waals surface area contributed by atoms with Crippen molar-refractivity contribution in [3.8, 4) is 10.8 Å². The summed E-state index contributed by atoms with van der Waals surface area (Å²) in [6.45, 7) is 6.90. The van der Waals surface area contributed by atoms with Crippen molar-refractivity contribution in [3.05, 3.63) is 58.8 Å². The van der Waals surface area contributed by atoms with Crippen LogP contribution in [0.3, 0.4) is 0 Å². The van der Waals surface area contributed by atoms with Gasteiger partial charge < -0.3 is 9.73 Å². The van der Waals surface area contributed by atoms with Crippen molar-refractivity contribution in [1.29, 1.82) is 0 Å². The molecule has 3 aromatic rings. The Hall–Kier alpha value is -2.47. The van der Waals surface area contributed by atoms with E-state index in [1.165, 1.54) is 5.56 Å². The topological polar surface area (TPSA) is 68.0 Å². The Labute approximate surface area is 151 Å². The summed E-state index contributed by atoms with van der Waals surface area (Å²) in [5.41, 5.74) is 1.93. The molecule has 2 aromatic heterocycles. The van der Waals surface area contributed by atoms with Gasteiger partial charge in [-0.15, -0.1) is 21.5 Å². The zero-order valence-corrected chi connectivity index (χ0v) is 15.4. The summed E-state index contributed by atoms with van der Waals surface area (Å²) in [5, 5.41) is 12.9. The Morgan fingerprint density at radius 3 is 2.56 bits per heavy atom. The summed E-state index contributed by atoms with van der Waals surface area (Å²) >= 11 is 1.55. The zero-order chi connectivity index (χ0) is 17.9. The summed E-state index contributed by atoms with van der Waals surface area (Å²) in [6, 6.07) is 11.6. The van der Waals surface area contributed by atoms with Gasteiger partial charge in [0, 0.05) is 18.5 Å². The molecule has 0 spiro atoms. The predicted octanol–water partition coefficient (Wildman–Crippen LogP) is 4.07. The molecule has 1 N–H and O–H groups in total. The van der Waals surface area contributed by atoms with Crippen molar-refractivity contribution >= 4 is 17.2 Å². The zero-order valence-electron chi connectivity index (χ0n) is 14.6. The van der Waals surface area contributed by atoms with E-state index in [9.17, 15) is 4.79 Å². The maximum absolute atomic E-state index is 12.2. The van der Waals surface area contributed by atoms with Gasteiger partial charge in [0.15, 0.2) is 0 Å².